The summed E-state index contributed by atoms with van der Waals surface area (Å²) in [6, 6.07) is 6.06. The van der Waals surface area contributed by atoms with E-state index >= 15 is 0 Å². The summed E-state index contributed by atoms with van der Waals surface area (Å²) in [6.45, 7) is 5.57. The second kappa shape index (κ2) is 7.78. The summed E-state index contributed by atoms with van der Waals surface area (Å²) in [4.78, 5) is 0. The maximum Gasteiger partial charge on any atom is 0.122 e. The zero-order valence-electron chi connectivity index (χ0n) is 13.0. The van der Waals surface area contributed by atoms with Crippen LogP contribution in [0.5, 0.6) is 5.75 Å². The first-order valence-electron chi connectivity index (χ1n) is 7.83. The Bertz CT molecular complexity index is 450. The lowest BCUT2D eigenvalue weighted by atomic mass is 10.1. The monoisotopic (exact) mass is 293 g/mol. The van der Waals surface area contributed by atoms with Crippen molar-refractivity contribution >= 4 is 0 Å². The molecule has 1 aliphatic rings. The number of rotatable bonds is 7. The van der Waals surface area contributed by atoms with Crippen molar-refractivity contribution < 1.29 is 14.9 Å². The molecule has 0 aromatic heterocycles. The smallest absolute Gasteiger partial charge is 0.122 e. The molecule has 0 aliphatic heterocycles. The van der Waals surface area contributed by atoms with Crippen molar-refractivity contribution in [1.82, 2.24) is 5.32 Å². The predicted octanol–water partition coefficient (Wildman–Crippen LogP) is 1.79. The number of hydrogen-bond donors (Lipinski definition) is 3. The first kappa shape index (κ1) is 16.3. The Morgan fingerprint density at radius 1 is 1.33 bits per heavy atom. The van der Waals surface area contributed by atoms with Gasteiger partial charge in [0.2, 0.25) is 0 Å². The second-order valence-corrected chi connectivity index (χ2v) is 6.15. The highest BCUT2D eigenvalue weighted by Crippen LogP contribution is 2.24. The Kier molecular flexibility index (Phi) is 6.03. The Hall–Kier alpha value is -1.10. The quantitative estimate of drug-likeness (QED) is 0.717. The summed E-state index contributed by atoms with van der Waals surface area (Å²) in [5, 5.41) is 22.9. The lowest BCUT2D eigenvalue weighted by Crippen LogP contribution is -2.36. The SMILES string of the molecule is Cc1ccc(C)c(OCC(O)CNCC2CCCC2O)c1. The van der Waals surface area contributed by atoms with Gasteiger partial charge < -0.3 is 20.3 Å². The summed E-state index contributed by atoms with van der Waals surface area (Å²) in [6.07, 6.45) is 2.36. The van der Waals surface area contributed by atoms with Crippen molar-refractivity contribution in [2.24, 2.45) is 5.92 Å². The Morgan fingerprint density at radius 2 is 2.14 bits per heavy atom. The van der Waals surface area contributed by atoms with E-state index in [9.17, 15) is 10.2 Å². The molecule has 0 saturated heterocycles. The highest BCUT2D eigenvalue weighted by atomic mass is 16.5. The number of ether oxygens (including phenoxy) is 1. The fraction of sp³-hybridized carbons (Fsp3) is 0.647. The molecule has 1 saturated carbocycles. The number of benzene rings is 1. The zero-order valence-corrected chi connectivity index (χ0v) is 13.0. The summed E-state index contributed by atoms with van der Waals surface area (Å²) < 4.78 is 5.68. The van der Waals surface area contributed by atoms with Crippen LogP contribution in [-0.4, -0.2) is 42.1 Å². The molecule has 4 nitrogen and oxygen atoms in total. The molecule has 1 aromatic rings. The van der Waals surface area contributed by atoms with Crippen LogP contribution >= 0.6 is 0 Å². The lowest BCUT2D eigenvalue weighted by Gasteiger charge is -2.18. The third kappa shape index (κ3) is 4.99. The Balaban J connectivity index is 1.67. The third-order valence-electron chi connectivity index (χ3n) is 4.18. The number of aliphatic hydroxyl groups is 2. The van der Waals surface area contributed by atoms with Crippen LogP contribution in [0.15, 0.2) is 18.2 Å². The molecule has 118 valence electrons. The molecule has 4 heteroatoms. The number of aryl methyl sites for hydroxylation is 2. The Labute approximate surface area is 127 Å². The molecule has 21 heavy (non-hydrogen) atoms. The van der Waals surface area contributed by atoms with E-state index in [1.807, 2.05) is 32.0 Å². The molecule has 1 aromatic carbocycles. The molecule has 1 aliphatic carbocycles. The maximum absolute atomic E-state index is 9.96. The average Bonchev–Trinajstić information content (AvgIpc) is 2.85. The lowest BCUT2D eigenvalue weighted by molar-refractivity contribution is 0.0978. The number of hydrogen-bond acceptors (Lipinski definition) is 4. The van der Waals surface area contributed by atoms with Gasteiger partial charge in [-0.3, -0.25) is 0 Å². The van der Waals surface area contributed by atoms with E-state index in [1.54, 1.807) is 0 Å². The standard InChI is InChI=1S/C17H27NO3/c1-12-6-7-13(2)17(8-12)21-11-15(19)10-18-9-14-4-3-5-16(14)20/h6-8,14-16,18-20H,3-5,9-11H2,1-2H3. The summed E-state index contributed by atoms with van der Waals surface area (Å²) >= 11 is 0. The van der Waals surface area contributed by atoms with Crippen LogP contribution in [0.25, 0.3) is 0 Å². The predicted molar refractivity (Wildman–Crippen MR) is 83.6 cm³/mol. The third-order valence-corrected chi connectivity index (χ3v) is 4.18. The highest BCUT2D eigenvalue weighted by molar-refractivity contribution is 5.35. The van der Waals surface area contributed by atoms with Crippen molar-refractivity contribution in [3.8, 4) is 5.75 Å². The zero-order chi connectivity index (χ0) is 15.2. The molecule has 1 fully saturated rings. The van der Waals surface area contributed by atoms with Gasteiger partial charge in [-0.15, -0.1) is 0 Å². The van der Waals surface area contributed by atoms with Gasteiger partial charge in [0, 0.05) is 13.1 Å². The van der Waals surface area contributed by atoms with Gasteiger partial charge in [0.1, 0.15) is 18.5 Å². The minimum Gasteiger partial charge on any atom is -0.491 e. The van der Waals surface area contributed by atoms with Gasteiger partial charge in [-0.05, 0) is 49.8 Å². The minimum absolute atomic E-state index is 0.180. The summed E-state index contributed by atoms with van der Waals surface area (Å²) in [5.74, 6) is 1.16. The first-order valence-corrected chi connectivity index (χ1v) is 7.83. The van der Waals surface area contributed by atoms with Crippen molar-refractivity contribution in [2.45, 2.75) is 45.3 Å². The minimum atomic E-state index is -0.538. The van der Waals surface area contributed by atoms with E-state index in [0.717, 1.165) is 42.7 Å². The van der Waals surface area contributed by atoms with Gasteiger partial charge in [0.25, 0.3) is 0 Å². The number of nitrogens with one attached hydrogen (secondary N) is 1. The largest absolute Gasteiger partial charge is 0.491 e. The van der Waals surface area contributed by atoms with E-state index in [0.29, 0.717) is 12.5 Å². The van der Waals surface area contributed by atoms with Crippen molar-refractivity contribution in [3.63, 3.8) is 0 Å². The summed E-state index contributed by atoms with van der Waals surface area (Å²) in [5.41, 5.74) is 2.23. The van der Waals surface area contributed by atoms with Crippen LogP contribution in [0.4, 0.5) is 0 Å². The van der Waals surface area contributed by atoms with Crippen LogP contribution < -0.4 is 10.1 Å². The molecule has 0 spiro atoms. The van der Waals surface area contributed by atoms with E-state index in [4.69, 9.17) is 4.74 Å². The van der Waals surface area contributed by atoms with E-state index in [-0.39, 0.29) is 12.7 Å². The fourth-order valence-electron chi connectivity index (χ4n) is 2.80. The van der Waals surface area contributed by atoms with E-state index in [2.05, 4.69) is 5.32 Å². The molecule has 0 radical (unpaired) electrons. The van der Waals surface area contributed by atoms with Crippen LogP contribution in [-0.2, 0) is 0 Å². The van der Waals surface area contributed by atoms with Crippen LogP contribution in [0.3, 0.4) is 0 Å². The first-order chi connectivity index (χ1) is 10.1. The van der Waals surface area contributed by atoms with Gasteiger partial charge >= 0.3 is 0 Å². The molecule has 3 N–H and O–H groups in total. The summed E-state index contributed by atoms with van der Waals surface area (Å²) in [7, 11) is 0. The number of aliphatic hydroxyl groups excluding tert-OH is 2. The highest BCUT2D eigenvalue weighted by Gasteiger charge is 2.24. The van der Waals surface area contributed by atoms with Gasteiger partial charge in [-0.25, -0.2) is 0 Å². The van der Waals surface area contributed by atoms with Crippen LogP contribution in [0.1, 0.15) is 30.4 Å². The molecular formula is C17H27NO3. The van der Waals surface area contributed by atoms with Crippen LogP contribution in [0.2, 0.25) is 0 Å². The van der Waals surface area contributed by atoms with Crippen molar-refractivity contribution in [3.05, 3.63) is 29.3 Å². The average molecular weight is 293 g/mol. The maximum atomic E-state index is 9.96. The molecule has 0 bridgehead atoms. The van der Waals surface area contributed by atoms with E-state index in [1.165, 1.54) is 0 Å². The fourth-order valence-corrected chi connectivity index (χ4v) is 2.80. The van der Waals surface area contributed by atoms with Gasteiger partial charge in [-0.1, -0.05) is 18.6 Å². The normalized spacial score (nSPS) is 23.2. The molecule has 0 heterocycles. The van der Waals surface area contributed by atoms with E-state index < -0.39 is 6.10 Å². The molecule has 0 amide bonds. The van der Waals surface area contributed by atoms with Gasteiger partial charge in [0.15, 0.2) is 0 Å². The van der Waals surface area contributed by atoms with Crippen molar-refractivity contribution in [1.29, 1.82) is 0 Å². The molecule has 2 rings (SSSR count). The molecule has 3 atom stereocenters. The molecular weight excluding hydrogens is 266 g/mol. The van der Waals surface area contributed by atoms with Gasteiger partial charge in [-0.2, -0.15) is 0 Å². The van der Waals surface area contributed by atoms with Gasteiger partial charge in [0.05, 0.1) is 6.10 Å². The van der Waals surface area contributed by atoms with Crippen molar-refractivity contribution in [2.75, 3.05) is 19.7 Å². The Morgan fingerprint density at radius 3 is 2.86 bits per heavy atom. The second-order valence-electron chi connectivity index (χ2n) is 6.15. The van der Waals surface area contributed by atoms with Crippen LogP contribution in [0, 0.1) is 19.8 Å². The molecule has 3 unspecified atom stereocenters. The topological polar surface area (TPSA) is 61.7 Å².